The van der Waals surface area contributed by atoms with Crippen molar-refractivity contribution in [2.45, 2.75) is 26.3 Å². The molecule has 4 rings (SSSR count). The highest BCUT2D eigenvalue weighted by atomic mass is 19.1. The summed E-state index contributed by atoms with van der Waals surface area (Å²) in [5, 5.41) is 3.39. The number of unbranched alkanes of at least 4 members (excludes halogenated alkanes) is 1. The van der Waals surface area contributed by atoms with E-state index in [0.717, 1.165) is 12.1 Å². The number of anilines is 1. The number of aryl methyl sites for hydroxylation is 2. The van der Waals surface area contributed by atoms with Crippen LogP contribution in [0.5, 0.6) is 0 Å². The molecule has 0 aliphatic rings. The summed E-state index contributed by atoms with van der Waals surface area (Å²) in [7, 11) is 1.68. The number of nitrogens with zero attached hydrogens (tertiary/aromatic N) is 4. The van der Waals surface area contributed by atoms with E-state index in [0.29, 0.717) is 54.3 Å². The van der Waals surface area contributed by atoms with Gasteiger partial charge < -0.3 is 11.1 Å². The lowest BCUT2D eigenvalue weighted by Crippen LogP contribution is -2.24. The van der Waals surface area contributed by atoms with E-state index in [2.05, 4.69) is 20.3 Å². The first kappa shape index (κ1) is 22.5. The van der Waals surface area contributed by atoms with Gasteiger partial charge in [0.1, 0.15) is 17.3 Å². The molecular formula is C24H24F2N6O. The summed E-state index contributed by atoms with van der Waals surface area (Å²) in [5.74, 6) is -1.03. The quantitative estimate of drug-likeness (QED) is 0.415. The van der Waals surface area contributed by atoms with E-state index in [1.165, 1.54) is 10.6 Å². The second kappa shape index (κ2) is 9.41. The normalized spacial score (nSPS) is 11.2. The average Bonchev–Trinajstić information content (AvgIpc) is 2.81. The third-order valence-corrected chi connectivity index (χ3v) is 5.40. The first-order valence-corrected chi connectivity index (χ1v) is 10.6. The Bertz CT molecular complexity index is 1390. The molecule has 0 aliphatic carbocycles. The van der Waals surface area contributed by atoms with Crippen LogP contribution in [0.4, 0.5) is 14.7 Å². The van der Waals surface area contributed by atoms with Crippen molar-refractivity contribution < 1.29 is 8.78 Å². The molecule has 0 bridgehead atoms. The molecule has 0 amide bonds. The highest BCUT2D eigenvalue weighted by Crippen LogP contribution is 2.30. The first-order chi connectivity index (χ1) is 15.9. The summed E-state index contributed by atoms with van der Waals surface area (Å²) in [5.41, 5.74) is 6.52. The molecule has 0 fully saturated rings. The van der Waals surface area contributed by atoms with E-state index in [9.17, 15) is 4.79 Å². The van der Waals surface area contributed by atoms with Crippen molar-refractivity contribution in [2.24, 2.45) is 5.73 Å². The van der Waals surface area contributed by atoms with Crippen molar-refractivity contribution in [3.05, 3.63) is 70.3 Å². The van der Waals surface area contributed by atoms with Crippen LogP contribution in [0.1, 0.15) is 18.5 Å². The van der Waals surface area contributed by atoms with Crippen LogP contribution >= 0.6 is 0 Å². The third-order valence-electron chi connectivity index (χ3n) is 5.40. The highest BCUT2D eigenvalue weighted by Gasteiger charge is 2.19. The number of benzene rings is 1. The van der Waals surface area contributed by atoms with E-state index in [1.54, 1.807) is 38.4 Å². The number of hydrogen-bond acceptors (Lipinski definition) is 6. The Kier molecular flexibility index (Phi) is 6.41. The maximum absolute atomic E-state index is 15.2. The lowest BCUT2D eigenvalue weighted by Gasteiger charge is -2.14. The second-order valence-corrected chi connectivity index (χ2v) is 7.71. The molecule has 0 unspecified atom stereocenters. The summed E-state index contributed by atoms with van der Waals surface area (Å²) in [6, 6.07) is 8.74. The van der Waals surface area contributed by atoms with E-state index in [1.807, 2.05) is 0 Å². The number of hydrogen-bond donors (Lipinski definition) is 2. The van der Waals surface area contributed by atoms with E-state index >= 15 is 8.78 Å². The minimum Gasteiger partial charge on any atom is -0.357 e. The van der Waals surface area contributed by atoms with Crippen molar-refractivity contribution in [3.8, 4) is 22.4 Å². The third kappa shape index (κ3) is 4.45. The van der Waals surface area contributed by atoms with Crippen molar-refractivity contribution >= 4 is 17.0 Å². The predicted molar refractivity (Wildman–Crippen MR) is 125 cm³/mol. The standard InChI is InChI=1S/C24H24F2N6O/c1-14-6-5-7-21(30-14)18-12-19(25)16(11-20(18)26)17-10-15-13-29-24(28-2)31-22(15)32(23(17)33)9-4-3-8-27/h5-7,10-13H,3-4,8-9,27H2,1-2H3,(H,28,29,31). The van der Waals surface area contributed by atoms with Gasteiger partial charge in [-0.05, 0) is 56.6 Å². The Morgan fingerprint density at radius 2 is 1.79 bits per heavy atom. The van der Waals surface area contributed by atoms with Crippen LogP contribution in [0.15, 0.2) is 47.4 Å². The maximum Gasteiger partial charge on any atom is 0.260 e. The maximum atomic E-state index is 15.2. The van der Waals surface area contributed by atoms with Crippen LogP contribution in [-0.4, -0.2) is 33.1 Å². The second-order valence-electron chi connectivity index (χ2n) is 7.71. The molecule has 170 valence electrons. The SMILES string of the molecule is CNc1ncc2cc(-c3cc(F)c(-c4cccc(C)n4)cc3F)c(=O)n(CCCCN)c2n1. The molecule has 3 aromatic heterocycles. The zero-order valence-corrected chi connectivity index (χ0v) is 18.4. The Hall–Kier alpha value is -3.72. The highest BCUT2D eigenvalue weighted by molar-refractivity contribution is 5.82. The number of nitrogens with one attached hydrogen (secondary N) is 1. The smallest absolute Gasteiger partial charge is 0.260 e. The fraction of sp³-hybridized carbons (Fsp3) is 0.250. The summed E-state index contributed by atoms with van der Waals surface area (Å²) >= 11 is 0. The van der Waals surface area contributed by atoms with Gasteiger partial charge in [-0.1, -0.05) is 6.07 Å². The lowest BCUT2D eigenvalue weighted by atomic mass is 10.0. The van der Waals surface area contributed by atoms with Crippen LogP contribution in [0.25, 0.3) is 33.4 Å². The molecular weight excluding hydrogens is 426 g/mol. The molecule has 9 heteroatoms. The zero-order valence-electron chi connectivity index (χ0n) is 18.4. The molecule has 3 N–H and O–H groups in total. The molecule has 0 saturated carbocycles. The first-order valence-electron chi connectivity index (χ1n) is 10.6. The van der Waals surface area contributed by atoms with Crippen molar-refractivity contribution in [1.29, 1.82) is 0 Å². The van der Waals surface area contributed by atoms with Gasteiger partial charge in [-0.15, -0.1) is 0 Å². The molecule has 1 aromatic carbocycles. The average molecular weight is 450 g/mol. The van der Waals surface area contributed by atoms with Crippen LogP contribution in [0.2, 0.25) is 0 Å². The molecule has 0 aliphatic heterocycles. The van der Waals surface area contributed by atoms with Crippen molar-refractivity contribution in [1.82, 2.24) is 19.5 Å². The summed E-state index contributed by atoms with van der Waals surface area (Å²) in [6.45, 7) is 2.60. The fourth-order valence-corrected chi connectivity index (χ4v) is 3.74. The Balaban J connectivity index is 1.89. The molecule has 0 radical (unpaired) electrons. The van der Waals surface area contributed by atoms with Gasteiger partial charge in [0.05, 0.1) is 11.3 Å². The minimum atomic E-state index is -0.715. The number of halogens is 2. The van der Waals surface area contributed by atoms with Crippen LogP contribution in [-0.2, 0) is 6.54 Å². The summed E-state index contributed by atoms with van der Waals surface area (Å²) < 4.78 is 31.8. The van der Waals surface area contributed by atoms with Gasteiger partial charge in [0.15, 0.2) is 0 Å². The molecule has 7 nitrogen and oxygen atoms in total. The zero-order chi connectivity index (χ0) is 23.5. The van der Waals surface area contributed by atoms with E-state index in [-0.39, 0.29) is 16.7 Å². The van der Waals surface area contributed by atoms with Gasteiger partial charge in [-0.25, -0.2) is 13.8 Å². The Morgan fingerprint density at radius 1 is 1.03 bits per heavy atom. The predicted octanol–water partition coefficient (Wildman–Crippen LogP) is 3.89. The van der Waals surface area contributed by atoms with Crippen molar-refractivity contribution in [3.63, 3.8) is 0 Å². The van der Waals surface area contributed by atoms with Gasteiger partial charge in [-0.2, -0.15) is 4.98 Å². The van der Waals surface area contributed by atoms with Gasteiger partial charge in [0.25, 0.3) is 5.56 Å². The van der Waals surface area contributed by atoms with Crippen LogP contribution in [0, 0.1) is 18.6 Å². The van der Waals surface area contributed by atoms with Gasteiger partial charge >= 0.3 is 0 Å². The minimum absolute atomic E-state index is 0.0333. The number of rotatable bonds is 7. The largest absolute Gasteiger partial charge is 0.357 e. The fourth-order valence-electron chi connectivity index (χ4n) is 3.74. The monoisotopic (exact) mass is 450 g/mol. The molecule has 0 saturated heterocycles. The van der Waals surface area contributed by atoms with E-state index < -0.39 is 17.2 Å². The van der Waals surface area contributed by atoms with Crippen LogP contribution < -0.4 is 16.6 Å². The van der Waals surface area contributed by atoms with Crippen LogP contribution in [0.3, 0.4) is 0 Å². The number of aromatic nitrogens is 4. The summed E-state index contributed by atoms with van der Waals surface area (Å²) in [6.07, 6.45) is 2.90. The topological polar surface area (TPSA) is 98.7 Å². The molecule has 4 aromatic rings. The molecule has 33 heavy (non-hydrogen) atoms. The molecule has 0 spiro atoms. The molecule has 0 atom stereocenters. The molecule has 3 heterocycles. The summed E-state index contributed by atoms with van der Waals surface area (Å²) in [4.78, 5) is 26.3. The van der Waals surface area contributed by atoms with E-state index in [4.69, 9.17) is 5.73 Å². The van der Waals surface area contributed by atoms with Gasteiger partial charge in [-0.3, -0.25) is 14.3 Å². The number of nitrogens with two attached hydrogens (primary N) is 1. The van der Waals surface area contributed by atoms with Gasteiger partial charge in [0, 0.05) is 42.0 Å². The lowest BCUT2D eigenvalue weighted by molar-refractivity contribution is 0.601. The number of fused-ring (bicyclic) bond motifs is 1. The Morgan fingerprint density at radius 3 is 2.52 bits per heavy atom. The van der Waals surface area contributed by atoms with Gasteiger partial charge in [0.2, 0.25) is 5.95 Å². The number of pyridine rings is 2. The van der Waals surface area contributed by atoms with Crippen molar-refractivity contribution in [2.75, 3.05) is 18.9 Å². The Labute approximate surface area is 189 Å².